The van der Waals surface area contributed by atoms with Crippen LogP contribution in [0.15, 0.2) is 0 Å². The number of nitrogens with zero attached hydrogens (tertiary/aromatic N) is 1. The summed E-state index contributed by atoms with van der Waals surface area (Å²) < 4.78 is 23.0. The van der Waals surface area contributed by atoms with Crippen LogP contribution in [-0.2, 0) is 18.4 Å². The molecule has 0 aromatic carbocycles. The Bertz CT molecular complexity index is 673. The Labute approximate surface area is 259 Å². The van der Waals surface area contributed by atoms with Crippen LogP contribution in [-0.4, -0.2) is 68.5 Å². The van der Waals surface area contributed by atoms with Crippen LogP contribution in [0.5, 0.6) is 0 Å². The fraction of sp³-hybridized carbons (Fsp3) is 0.970. The van der Waals surface area contributed by atoms with Crippen molar-refractivity contribution in [1.29, 1.82) is 0 Å². The first kappa shape index (κ1) is 41.5. The van der Waals surface area contributed by atoms with E-state index in [4.69, 9.17) is 9.05 Å². The predicted molar refractivity (Wildman–Crippen MR) is 173 cm³/mol. The maximum Gasteiger partial charge on any atom is 0.268 e. The van der Waals surface area contributed by atoms with E-state index in [1.807, 2.05) is 21.1 Å². The topological polar surface area (TPSA) is 108 Å². The van der Waals surface area contributed by atoms with E-state index in [1.165, 1.54) is 89.9 Å². The molecule has 0 radical (unpaired) electrons. The van der Waals surface area contributed by atoms with Crippen molar-refractivity contribution in [2.45, 2.75) is 167 Å². The molecule has 2 N–H and O–H groups in total. The molecular weight excluding hydrogens is 551 g/mol. The van der Waals surface area contributed by atoms with E-state index in [0.717, 1.165) is 38.5 Å². The standard InChI is InChI=1S/C33H69N2O6P/c1-6-8-10-12-14-16-18-20-22-24-26-32(36)31(30-41-42(38,39)40-29-28-35(3,4)5)34-33(37)27-25-23-21-19-17-15-13-11-9-7-2/h31-32,36H,6-30H2,1-5H3,(H-,34,37,38,39). The molecule has 9 heteroatoms. The molecule has 252 valence electrons. The Morgan fingerprint density at radius 2 is 1.17 bits per heavy atom. The molecule has 0 aliphatic carbocycles. The molecule has 0 saturated carbocycles. The highest BCUT2D eigenvalue weighted by atomic mass is 31.2. The Morgan fingerprint density at radius 1 is 0.738 bits per heavy atom. The summed E-state index contributed by atoms with van der Waals surface area (Å²) in [6.07, 6.45) is 23.9. The molecule has 0 rings (SSSR count). The van der Waals surface area contributed by atoms with Gasteiger partial charge in [-0.15, -0.1) is 0 Å². The van der Waals surface area contributed by atoms with Crippen LogP contribution < -0.4 is 10.2 Å². The molecule has 42 heavy (non-hydrogen) atoms. The van der Waals surface area contributed by atoms with Crippen LogP contribution in [0.4, 0.5) is 0 Å². The van der Waals surface area contributed by atoms with Gasteiger partial charge in [-0.3, -0.25) is 9.36 Å². The van der Waals surface area contributed by atoms with Crippen molar-refractivity contribution in [2.75, 3.05) is 40.9 Å². The van der Waals surface area contributed by atoms with Gasteiger partial charge in [0.25, 0.3) is 7.82 Å². The number of carbonyl (C=O) groups excluding carboxylic acids is 1. The summed E-state index contributed by atoms with van der Waals surface area (Å²) >= 11 is 0. The fourth-order valence-corrected chi connectivity index (χ4v) is 5.70. The molecule has 0 aromatic heterocycles. The predicted octanol–water partition coefficient (Wildman–Crippen LogP) is 7.66. The van der Waals surface area contributed by atoms with E-state index in [-0.39, 0.29) is 19.1 Å². The number of amides is 1. The number of phosphoric acid groups is 1. The third-order valence-corrected chi connectivity index (χ3v) is 8.81. The highest BCUT2D eigenvalue weighted by Gasteiger charge is 2.24. The molecule has 8 nitrogen and oxygen atoms in total. The van der Waals surface area contributed by atoms with E-state index in [1.54, 1.807) is 0 Å². The number of aliphatic hydroxyl groups excluding tert-OH is 1. The SMILES string of the molecule is CCCCCCCCCCCCC(=O)NC(COP(=O)([O-])OCC[N+](C)(C)C)C(O)CCCCCCCCCCCC. The third-order valence-electron chi connectivity index (χ3n) is 7.85. The van der Waals surface area contributed by atoms with Crippen molar-refractivity contribution in [3.8, 4) is 0 Å². The summed E-state index contributed by atoms with van der Waals surface area (Å²) in [6, 6.07) is -0.788. The van der Waals surface area contributed by atoms with Crippen LogP contribution >= 0.6 is 7.82 Å². The summed E-state index contributed by atoms with van der Waals surface area (Å²) in [6.45, 7) is 4.66. The second-order valence-corrected chi connectivity index (χ2v) is 14.6. The maximum absolute atomic E-state index is 12.7. The summed E-state index contributed by atoms with van der Waals surface area (Å²) in [5.41, 5.74) is 0. The minimum Gasteiger partial charge on any atom is -0.756 e. The zero-order chi connectivity index (χ0) is 31.5. The fourth-order valence-electron chi connectivity index (χ4n) is 4.98. The number of likely N-dealkylation sites (N-methyl/N-ethyl adjacent to an activating group) is 1. The van der Waals surface area contributed by atoms with Gasteiger partial charge in [0.2, 0.25) is 5.91 Å². The molecule has 0 heterocycles. The largest absolute Gasteiger partial charge is 0.756 e. The second-order valence-electron chi connectivity index (χ2n) is 13.2. The van der Waals surface area contributed by atoms with Gasteiger partial charge >= 0.3 is 0 Å². The van der Waals surface area contributed by atoms with Crippen LogP contribution in [0.3, 0.4) is 0 Å². The number of rotatable bonds is 31. The average Bonchev–Trinajstić information content (AvgIpc) is 2.92. The molecule has 0 aromatic rings. The molecule has 1 amide bonds. The van der Waals surface area contributed by atoms with E-state index in [0.29, 0.717) is 23.9 Å². The monoisotopic (exact) mass is 620 g/mol. The Morgan fingerprint density at radius 3 is 1.62 bits per heavy atom. The normalized spacial score (nSPS) is 14.9. The van der Waals surface area contributed by atoms with E-state index >= 15 is 0 Å². The van der Waals surface area contributed by atoms with Crippen LogP contribution in [0, 0.1) is 0 Å². The lowest BCUT2D eigenvalue weighted by Crippen LogP contribution is -2.46. The first-order valence-electron chi connectivity index (χ1n) is 17.4. The number of carbonyl (C=O) groups is 1. The number of phosphoric ester groups is 1. The summed E-state index contributed by atoms with van der Waals surface area (Å²) in [5.74, 6) is -0.169. The highest BCUT2D eigenvalue weighted by Crippen LogP contribution is 2.38. The van der Waals surface area contributed by atoms with Gasteiger partial charge in [-0.25, -0.2) is 0 Å². The Balaban J connectivity index is 4.53. The number of nitrogens with one attached hydrogen (secondary N) is 1. The molecule has 3 unspecified atom stereocenters. The lowest BCUT2D eigenvalue weighted by Gasteiger charge is -2.30. The van der Waals surface area contributed by atoms with Crippen molar-refractivity contribution in [2.24, 2.45) is 0 Å². The highest BCUT2D eigenvalue weighted by molar-refractivity contribution is 7.45. The lowest BCUT2D eigenvalue weighted by molar-refractivity contribution is -0.870. The summed E-state index contributed by atoms with van der Waals surface area (Å²) in [7, 11) is 1.31. The van der Waals surface area contributed by atoms with Gasteiger partial charge in [0.15, 0.2) is 0 Å². The molecule has 0 fully saturated rings. The third kappa shape index (κ3) is 28.3. The van der Waals surface area contributed by atoms with Gasteiger partial charge in [0.1, 0.15) is 13.2 Å². The zero-order valence-electron chi connectivity index (χ0n) is 28.2. The van der Waals surface area contributed by atoms with Crippen LogP contribution in [0.25, 0.3) is 0 Å². The van der Waals surface area contributed by atoms with Gasteiger partial charge in [-0.05, 0) is 12.8 Å². The van der Waals surface area contributed by atoms with Gasteiger partial charge in [0, 0.05) is 6.42 Å². The van der Waals surface area contributed by atoms with Gasteiger partial charge < -0.3 is 28.8 Å². The molecule has 0 saturated heterocycles. The Hall–Kier alpha value is -0.500. The maximum atomic E-state index is 12.7. The first-order chi connectivity index (χ1) is 20.0. The van der Waals surface area contributed by atoms with Crippen molar-refractivity contribution < 1.29 is 32.9 Å². The van der Waals surface area contributed by atoms with Gasteiger partial charge in [0.05, 0.1) is 39.9 Å². The number of quaternary nitrogens is 1. The zero-order valence-corrected chi connectivity index (χ0v) is 29.1. The van der Waals surface area contributed by atoms with Gasteiger partial charge in [-0.1, -0.05) is 136 Å². The number of hydrogen-bond acceptors (Lipinski definition) is 6. The molecule has 0 bridgehead atoms. The first-order valence-corrected chi connectivity index (χ1v) is 18.8. The van der Waals surface area contributed by atoms with Crippen molar-refractivity contribution in [1.82, 2.24) is 5.32 Å². The quantitative estimate of drug-likeness (QED) is 0.0468. The molecular formula is C33H69N2O6P. The van der Waals surface area contributed by atoms with Crippen molar-refractivity contribution in [3.63, 3.8) is 0 Å². The molecule has 3 atom stereocenters. The Kier molecular flexibility index (Phi) is 26.5. The summed E-state index contributed by atoms with van der Waals surface area (Å²) in [4.78, 5) is 25.0. The van der Waals surface area contributed by atoms with Crippen LogP contribution in [0.1, 0.15) is 155 Å². The number of aliphatic hydroxyl groups is 1. The van der Waals surface area contributed by atoms with Gasteiger partial charge in [-0.2, -0.15) is 0 Å². The van der Waals surface area contributed by atoms with E-state index in [9.17, 15) is 19.4 Å². The number of hydrogen-bond donors (Lipinski definition) is 2. The second kappa shape index (κ2) is 26.9. The van der Waals surface area contributed by atoms with E-state index < -0.39 is 20.0 Å². The minimum atomic E-state index is -4.54. The molecule has 0 spiro atoms. The molecule has 0 aliphatic heterocycles. The lowest BCUT2D eigenvalue weighted by atomic mass is 10.0. The molecule has 0 aliphatic rings. The van der Waals surface area contributed by atoms with E-state index in [2.05, 4.69) is 19.2 Å². The minimum absolute atomic E-state index is 0.0151. The van der Waals surface area contributed by atoms with Crippen molar-refractivity contribution >= 4 is 13.7 Å². The van der Waals surface area contributed by atoms with Crippen LogP contribution in [0.2, 0.25) is 0 Å². The average molecular weight is 621 g/mol. The number of unbranched alkanes of at least 4 members (excludes halogenated alkanes) is 18. The smallest absolute Gasteiger partial charge is 0.268 e. The van der Waals surface area contributed by atoms with Crippen molar-refractivity contribution in [3.05, 3.63) is 0 Å². The summed E-state index contributed by atoms with van der Waals surface area (Å²) in [5, 5.41) is 13.7.